The maximum atomic E-state index is 13.0. The first-order valence-corrected chi connectivity index (χ1v) is 11.8. The standard InChI is InChI=1S/C21H29NO5S/c1-15-10-16(2)12-17(11-15)21(24)27-13-20(23)22(18-6-4-3-5-7-18)19-8-9-28(25,26)14-19/h10-12,18-19H,3-9,13-14H2,1-2H3/t19-/m0/s1. The van der Waals surface area contributed by atoms with E-state index < -0.39 is 15.8 Å². The van der Waals surface area contributed by atoms with Crippen molar-refractivity contribution in [2.45, 2.75) is 64.5 Å². The summed E-state index contributed by atoms with van der Waals surface area (Å²) >= 11 is 0. The molecule has 7 heteroatoms. The summed E-state index contributed by atoms with van der Waals surface area (Å²) in [5, 5.41) is 0. The highest BCUT2D eigenvalue weighted by Gasteiger charge is 2.38. The molecule has 0 aromatic heterocycles. The third-order valence-corrected chi connectivity index (χ3v) is 7.39. The molecule has 1 atom stereocenters. The third-order valence-electron chi connectivity index (χ3n) is 5.64. The van der Waals surface area contributed by atoms with Crippen LogP contribution in [-0.4, -0.2) is 55.4 Å². The molecular formula is C21H29NO5S. The van der Waals surface area contributed by atoms with E-state index in [2.05, 4.69) is 0 Å². The molecule has 0 spiro atoms. The van der Waals surface area contributed by atoms with Gasteiger partial charge in [-0.15, -0.1) is 0 Å². The van der Waals surface area contributed by atoms with Gasteiger partial charge < -0.3 is 9.64 Å². The fourth-order valence-electron chi connectivity index (χ4n) is 4.44. The van der Waals surface area contributed by atoms with Gasteiger partial charge in [-0.2, -0.15) is 0 Å². The zero-order chi connectivity index (χ0) is 20.3. The van der Waals surface area contributed by atoms with E-state index in [1.807, 2.05) is 19.9 Å². The van der Waals surface area contributed by atoms with Crippen molar-refractivity contribution in [2.24, 2.45) is 0 Å². The molecule has 0 bridgehead atoms. The molecular weight excluding hydrogens is 378 g/mol. The van der Waals surface area contributed by atoms with Crippen LogP contribution in [0.3, 0.4) is 0 Å². The minimum atomic E-state index is -3.10. The molecule has 2 fully saturated rings. The Labute approximate surface area is 167 Å². The molecule has 6 nitrogen and oxygen atoms in total. The minimum Gasteiger partial charge on any atom is -0.452 e. The Morgan fingerprint density at radius 2 is 1.64 bits per heavy atom. The van der Waals surface area contributed by atoms with Crippen molar-refractivity contribution in [1.82, 2.24) is 4.90 Å². The molecule has 28 heavy (non-hydrogen) atoms. The van der Waals surface area contributed by atoms with Crippen molar-refractivity contribution in [3.05, 3.63) is 34.9 Å². The number of benzene rings is 1. The number of ether oxygens (including phenoxy) is 1. The van der Waals surface area contributed by atoms with E-state index in [-0.39, 0.29) is 36.1 Å². The molecule has 1 aromatic rings. The Morgan fingerprint density at radius 1 is 1.00 bits per heavy atom. The number of amides is 1. The fraction of sp³-hybridized carbons (Fsp3) is 0.619. The first kappa shape index (κ1) is 20.8. The van der Waals surface area contributed by atoms with E-state index in [4.69, 9.17) is 4.74 Å². The van der Waals surface area contributed by atoms with Gasteiger partial charge >= 0.3 is 5.97 Å². The lowest BCUT2D eigenvalue weighted by molar-refractivity contribution is -0.140. The summed E-state index contributed by atoms with van der Waals surface area (Å²) in [7, 11) is -3.10. The quantitative estimate of drug-likeness (QED) is 0.701. The molecule has 0 radical (unpaired) electrons. The summed E-state index contributed by atoms with van der Waals surface area (Å²) in [4.78, 5) is 27.1. The molecule has 3 rings (SSSR count). The second-order valence-electron chi connectivity index (χ2n) is 8.10. The van der Waals surface area contributed by atoms with Crippen molar-refractivity contribution in [3.63, 3.8) is 0 Å². The van der Waals surface area contributed by atoms with Crippen molar-refractivity contribution >= 4 is 21.7 Å². The number of rotatable bonds is 5. The highest BCUT2D eigenvalue weighted by atomic mass is 32.2. The lowest BCUT2D eigenvalue weighted by atomic mass is 9.93. The average Bonchev–Trinajstić information content (AvgIpc) is 2.99. The van der Waals surface area contributed by atoms with Crippen LogP contribution in [0.1, 0.15) is 60.0 Å². The zero-order valence-electron chi connectivity index (χ0n) is 16.6. The number of nitrogens with zero attached hydrogens (tertiary/aromatic N) is 1. The van der Waals surface area contributed by atoms with Crippen LogP contribution in [0.5, 0.6) is 0 Å². The van der Waals surface area contributed by atoms with Gasteiger partial charge in [-0.1, -0.05) is 36.5 Å². The van der Waals surface area contributed by atoms with Gasteiger partial charge in [-0.05, 0) is 45.2 Å². The largest absolute Gasteiger partial charge is 0.452 e. The van der Waals surface area contributed by atoms with Crippen LogP contribution in [-0.2, 0) is 19.4 Å². The molecule has 154 valence electrons. The summed E-state index contributed by atoms with van der Waals surface area (Å²) < 4.78 is 29.2. The molecule has 1 saturated carbocycles. The first-order chi connectivity index (χ1) is 13.2. The van der Waals surface area contributed by atoms with Crippen LogP contribution in [0.2, 0.25) is 0 Å². The fourth-order valence-corrected chi connectivity index (χ4v) is 6.15. The minimum absolute atomic E-state index is 0.0141. The maximum absolute atomic E-state index is 13.0. The average molecular weight is 408 g/mol. The molecule has 0 unspecified atom stereocenters. The highest BCUT2D eigenvalue weighted by Crippen LogP contribution is 2.28. The Morgan fingerprint density at radius 3 is 2.21 bits per heavy atom. The van der Waals surface area contributed by atoms with Gasteiger partial charge in [0.1, 0.15) is 0 Å². The van der Waals surface area contributed by atoms with E-state index >= 15 is 0 Å². The van der Waals surface area contributed by atoms with E-state index in [0.29, 0.717) is 12.0 Å². The van der Waals surface area contributed by atoms with E-state index in [9.17, 15) is 18.0 Å². The highest BCUT2D eigenvalue weighted by molar-refractivity contribution is 7.91. The SMILES string of the molecule is Cc1cc(C)cc(C(=O)OCC(=O)N(C2CCCCC2)[C@H]2CCS(=O)(=O)C2)c1. The van der Waals surface area contributed by atoms with Crippen LogP contribution in [0.4, 0.5) is 0 Å². The number of aryl methyl sites for hydroxylation is 2. The third kappa shape index (κ3) is 5.13. The summed E-state index contributed by atoms with van der Waals surface area (Å²) in [6, 6.07) is 5.18. The van der Waals surface area contributed by atoms with Crippen LogP contribution in [0.15, 0.2) is 18.2 Å². The first-order valence-electron chi connectivity index (χ1n) is 10.0. The maximum Gasteiger partial charge on any atom is 0.338 e. The lowest BCUT2D eigenvalue weighted by Gasteiger charge is -2.38. The number of carbonyl (C=O) groups excluding carboxylic acids is 2. The smallest absolute Gasteiger partial charge is 0.338 e. The lowest BCUT2D eigenvalue weighted by Crippen LogP contribution is -2.50. The summed E-state index contributed by atoms with van der Waals surface area (Å²) in [5.74, 6) is -0.675. The molecule has 0 N–H and O–H groups in total. The summed E-state index contributed by atoms with van der Waals surface area (Å²) in [6.07, 6.45) is 5.45. The van der Waals surface area contributed by atoms with Crippen LogP contribution in [0.25, 0.3) is 0 Å². The molecule has 1 heterocycles. The predicted octanol–water partition coefficient (Wildman–Crippen LogP) is 2.81. The number of esters is 1. The van der Waals surface area contributed by atoms with Crippen LogP contribution < -0.4 is 0 Å². The van der Waals surface area contributed by atoms with Gasteiger partial charge in [0.15, 0.2) is 16.4 Å². The molecule has 1 aliphatic carbocycles. The van der Waals surface area contributed by atoms with Gasteiger partial charge in [0, 0.05) is 12.1 Å². The van der Waals surface area contributed by atoms with E-state index in [0.717, 1.165) is 43.2 Å². The van der Waals surface area contributed by atoms with Gasteiger partial charge in [-0.3, -0.25) is 4.79 Å². The number of sulfone groups is 1. The Hall–Kier alpha value is -1.89. The Bertz CT molecular complexity index is 822. The van der Waals surface area contributed by atoms with Gasteiger partial charge in [0.05, 0.1) is 17.1 Å². The van der Waals surface area contributed by atoms with E-state index in [1.54, 1.807) is 17.0 Å². The van der Waals surface area contributed by atoms with Crippen molar-refractivity contribution in [1.29, 1.82) is 0 Å². The molecule has 1 amide bonds. The normalized spacial score (nSPS) is 22.0. The van der Waals surface area contributed by atoms with Gasteiger partial charge in [0.25, 0.3) is 5.91 Å². The number of hydrogen-bond donors (Lipinski definition) is 0. The topological polar surface area (TPSA) is 80.8 Å². The predicted molar refractivity (Wildman–Crippen MR) is 107 cm³/mol. The van der Waals surface area contributed by atoms with Gasteiger partial charge in [-0.25, -0.2) is 13.2 Å². The molecule has 1 aromatic carbocycles. The summed E-state index contributed by atoms with van der Waals surface area (Å²) in [5.41, 5.74) is 2.34. The van der Waals surface area contributed by atoms with Gasteiger partial charge in [0.2, 0.25) is 0 Å². The second-order valence-corrected chi connectivity index (χ2v) is 10.3. The Balaban J connectivity index is 1.69. The molecule has 2 aliphatic rings. The van der Waals surface area contributed by atoms with E-state index in [1.165, 1.54) is 0 Å². The monoisotopic (exact) mass is 407 g/mol. The second kappa shape index (κ2) is 8.64. The molecule has 1 aliphatic heterocycles. The number of hydrogen-bond acceptors (Lipinski definition) is 5. The van der Waals surface area contributed by atoms with Crippen molar-refractivity contribution in [3.8, 4) is 0 Å². The zero-order valence-corrected chi connectivity index (χ0v) is 17.5. The Kier molecular flexibility index (Phi) is 6.43. The number of carbonyl (C=O) groups is 2. The van der Waals surface area contributed by atoms with Crippen LogP contribution >= 0.6 is 0 Å². The molecule has 1 saturated heterocycles. The van der Waals surface area contributed by atoms with Crippen LogP contribution in [0, 0.1) is 13.8 Å². The summed E-state index contributed by atoms with van der Waals surface area (Å²) in [6.45, 7) is 3.46. The van der Waals surface area contributed by atoms with Crippen molar-refractivity contribution in [2.75, 3.05) is 18.1 Å². The van der Waals surface area contributed by atoms with Crippen molar-refractivity contribution < 1.29 is 22.7 Å².